The van der Waals surface area contributed by atoms with Crippen molar-refractivity contribution in [1.29, 1.82) is 0 Å². The molecule has 1 aromatic rings. The molecule has 2 heteroatoms. The van der Waals surface area contributed by atoms with Crippen molar-refractivity contribution in [1.82, 2.24) is 0 Å². The van der Waals surface area contributed by atoms with E-state index in [9.17, 15) is 0 Å². The lowest BCUT2D eigenvalue weighted by Gasteiger charge is -1.98. The van der Waals surface area contributed by atoms with Crippen LogP contribution in [0.25, 0.3) is 0 Å². The molecule has 1 nitrogen and oxygen atoms in total. The molecule has 0 bridgehead atoms. The van der Waals surface area contributed by atoms with Gasteiger partial charge in [-0.15, -0.1) is 0 Å². The Morgan fingerprint density at radius 2 is 1.89 bits per heavy atom. The Labute approximate surface area is 56.9 Å². The predicted molar refractivity (Wildman–Crippen MR) is 39.5 cm³/mol. The molecular weight excluding hydrogens is 128 g/mol. The molecule has 1 aromatic heterocycles. The maximum atomic E-state index is 5.39. The van der Waals surface area contributed by atoms with Gasteiger partial charge in [0.2, 0.25) is 0 Å². The van der Waals surface area contributed by atoms with Gasteiger partial charge in [0.25, 0.3) is 8.64 Å². The second-order valence-corrected chi connectivity index (χ2v) is 3.51. The van der Waals surface area contributed by atoms with Crippen molar-refractivity contribution >= 4 is 8.64 Å². The van der Waals surface area contributed by atoms with E-state index < -0.39 is 8.64 Å². The lowest BCUT2D eigenvalue weighted by Crippen LogP contribution is -2.10. The van der Waals surface area contributed by atoms with E-state index in [0.29, 0.717) is 0 Å². The SMILES string of the molecule is CCO[si]1ccccc1. The van der Waals surface area contributed by atoms with E-state index in [4.69, 9.17) is 4.43 Å². The minimum Gasteiger partial charge on any atom is -0.548 e. The lowest BCUT2D eigenvalue weighted by molar-refractivity contribution is 0.431. The predicted octanol–water partition coefficient (Wildman–Crippen LogP) is 1.16. The standard InChI is InChI=1S/C7H10OSi/c1-2-8-9-6-4-3-5-7-9/h3-7H,2H2,1H3. The van der Waals surface area contributed by atoms with Crippen molar-refractivity contribution in [3.8, 4) is 0 Å². The Morgan fingerprint density at radius 3 is 2.44 bits per heavy atom. The Balaban J connectivity index is 2.61. The van der Waals surface area contributed by atoms with Crippen LogP contribution in [0.1, 0.15) is 6.92 Å². The topological polar surface area (TPSA) is 9.23 Å². The van der Waals surface area contributed by atoms with Gasteiger partial charge in [-0.2, -0.15) is 0 Å². The molecule has 0 aliphatic heterocycles. The summed E-state index contributed by atoms with van der Waals surface area (Å²) >= 11 is 0. The van der Waals surface area contributed by atoms with Gasteiger partial charge in [0.1, 0.15) is 0 Å². The fourth-order valence-electron chi connectivity index (χ4n) is 0.683. The molecule has 0 saturated carbocycles. The van der Waals surface area contributed by atoms with Crippen molar-refractivity contribution in [2.45, 2.75) is 6.92 Å². The van der Waals surface area contributed by atoms with Crippen LogP contribution in [-0.2, 0) is 0 Å². The molecule has 0 saturated heterocycles. The summed E-state index contributed by atoms with van der Waals surface area (Å²) < 4.78 is 5.39. The van der Waals surface area contributed by atoms with Gasteiger partial charge in [-0.25, -0.2) is 0 Å². The summed E-state index contributed by atoms with van der Waals surface area (Å²) in [6.07, 6.45) is 0. The highest BCUT2D eigenvalue weighted by Crippen LogP contribution is 1.82. The van der Waals surface area contributed by atoms with Crippen LogP contribution in [0.15, 0.2) is 29.6 Å². The van der Waals surface area contributed by atoms with Crippen LogP contribution in [0.4, 0.5) is 0 Å². The molecule has 48 valence electrons. The van der Waals surface area contributed by atoms with E-state index in [2.05, 4.69) is 11.4 Å². The van der Waals surface area contributed by atoms with Crippen LogP contribution in [-0.4, -0.2) is 15.2 Å². The van der Waals surface area contributed by atoms with Crippen LogP contribution in [0.2, 0.25) is 0 Å². The highest BCUT2D eigenvalue weighted by atomic mass is 28.3. The van der Waals surface area contributed by atoms with Crippen LogP contribution in [0.3, 0.4) is 0 Å². The maximum Gasteiger partial charge on any atom is 0.261 e. The van der Waals surface area contributed by atoms with Gasteiger partial charge in [0, 0.05) is 0 Å². The fourth-order valence-corrected chi connectivity index (χ4v) is 1.92. The first kappa shape index (κ1) is 6.49. The zero-order valence-electron chi connectivity index (χ0n) is 5.50. The Kier molecular flexibility index (Phi) is 2.45. The maximum absolute atomic E-state index is 5.39. The van der Waals surface area contributed by atoms with E-state index in [0.717, 1.165) is 6.61 Å². The van der Waals surface area contributed by atoms with Gasteiger partial charge >= 0.3 is 0 Å². The second-order valence-electron chi connectivity index (χ2n) is 1.75. The molecule has 0 fully saturated rings. The van der Waals surface area contributed by atoms with Gasteiger partial charge in [-0.1, -0.05) is 18.2 Å². The second kappa shape index (κ2) is 3.40. The van der Waals surface area contributed by atoms with Crippen molar-refractivity contribution < 1.29 is 4.43 Å². The molecule has 1 heterocycles. The fraction of sp³-hybridized carbons (Fsp3) is 0.286. The summed E-state index contributed by atoms with van der Waals surface area (Å²) in [6.45, 7) is 2.85. The molecule has 0 unspecified atom stereocenters. The highest BCUT2D eigenvalue weighted by Gasteiger charge is 1.86. The first-order valence-electron chi connectivity index (χ1n) is 3.11. The summed E-state index contributed by atoms with van der Waals surface area (Å²) in [4.78, 5) is 0. The molecule has 9 heavy (non-hydrogen) atoms. The minimum absolute atomic E-state index is 0.691. The molecule has 0 spiro atoms. The molecule has 0 aromatic carbocycles. The third-order valence-corrected chi connectivity index (χ3v) is 2.72. The smallest absolute Gasteiger partial charge is 0.261 e. The molecule has 0 atom stereocenters. The van der Waals surface area contributed by atoms with Gasteiger partial charge in [0.15, 0.2) is 0 Å². The van der Waals surface area contributed by atoms with E-state index in [-0.39, 0.29) is 0 Å². The average molecular weight is 138 g/mol. The molecule has 0 radical (unpaired) electrons. The Morgan fingerprint density at radius 1 is 1.22 bits per heavy atom. The highest BCUT2D eigenvalue weighted by molar-refractivity contribution is 6.43. The zero-order valence-corrected chi connectivity index (χ0v) is 6.50. The van der Waals surface area contributed by atoms with Crippen LogP contribution in [0.5, 0.6) is 0 Å². The van der Waals surface area contributed by atoms with E-state index in [1.165, 1.54) is 0 Å². The lowest BCUT2D eigenvalue weighted by atomic mass is 10.6. The third kappa shape index (κ3) is 1.97. The van der Waals surface area contributed by atoms with E-state index in [1.807, 2.05) is 25.1 Å². The molecular formula is C7H10OSi. The Bertz CT molecular complexity index is 162. The van der Waals surface area contributed by atoms with Crippen molar-refractivity contribution in [2.75, 3.05) is 6.61 Å². The largest absolute Gasteiger partial charge is 0.548 e. The quantitative estimate of drug-likeness (QED) is 0.557. The van der Waals surface area contributed by atoms with Crippen LogP contribution in [0, 0.1) is 0 Å². The first-order chi connectivity index (χ1) is 4.43. The van der Waals surface area contributed by atoms with Gasteiger partial charge in [-0.05, 0) is 18.3 Å². The number of hydrogen-bond donors (Lipinski definition) is 0. The normalized spacial score (nSPS) is 9.00. The first-order valence-corrected chi connectivity index (χ1v) is 4.67. The van der Waals surface area contributed by atoms with Crippen molar-refractivity contribution in [3.63, 3.8) is 0 Å². The van der Waals surface area contributed by atoms with Crippen molar-refractivity contribution in [3.05, 3.63) is 29.6 Å². The van der Waals surface area contributed by atoms with Crippen LogP contribution >= 0.6 is 0 Å². The summed E-state index contributed by atoms with van der Waals surface area (Å²) in [6, 6.07) is 6.11. The minimum atomic E-state index is -0.691. The van der Waals surface area contributed by atoms with Gasteiger partial charge in [0.05, 0.1) is 6.61 Å². The summed E-state index contributed by atoms with van der Waals surface area (Å²) in [5.41, 5.74) is 4.27. The zero-order chi connectivity index (χ0) is 6.53. The monoisotopic (exact) mass is 138 g/mol. The van der Waals surface area contributed by atoms with Gasteiger partial charge < -0.3 is 4.43 Å². The molecule has 1 rings (SSSR count). The van der Waals surface area contributed by atoms with Crippen LogP contribution < -0.4 is 4.43 Å². The molecule has 0 N–H and O–H groups in total. The molecule has 0 aliphatic rings. The molecule has 0 amide bonds. The van der Waals surface area contributed by atoms with E-state index >= 15 is 0 Å². The summed E-state index contributed by atoms with van der Waals surface area (Å²) in [5, 5.41) is 0. The number of rotatable bonds is 2. The average Bonchev–Trinajstić information content (AvgIpc) is 1.91. The summed E-state index contributed by atoms with van der Waals surface area (Å²) in [7, 11) is -0.691. The van der Waals surface area contributed by atoms with Crippen molar-refractivity contribution in [2.24, 2.45) is 0 Å². The third-order valence-electron chi connectivity index (χ3n) is 1.05. The molecule has 0 aliphatic carbocycles. The number of hydrogen-bond acceptors (Lipinski definition) is 1. The van der Waals surface area contributed by atoms with Gasteiger partial charge in [-0.3, -0.25) is 0 Å². The summed E-state index contributed by atoms with van der Waals surface area (Å²) in [5.74, 6) is 0. The van der Waals surface area contributed by atoms with E-state index in [1.54, 1.807) is 0 Å². The Hall–Kier alpha value is -0.633.